The van der Waals surface area contributed by atoms with Crippen LogP contribution >= 0.6 is 0 Å². The Bertz CT molecular complexity index is 462. The van der Waals surface area contributed by atoms with Crippen LogP contribution in [-0.2, 0) is 11.3 Å². The average molecular weight is 276 g/mol. The van der Waals surface area contributed by atoms with Crippen molar-refractivity contribution in [2.24, 2.45) is 17.6 Å². The van der Waals surface area contributed by atoms with Gasteiger partial charge in [-0.15, -0.1) is 0 Å². The molecule has 1 saturated carbocycles. The Hall–Kier alpha value is -1.55. The minimum atomic E-state index is 0.0970. The molecule has 0 bridgehead atoms. The summed E-state index contributed by atoms with van der Waals surface area (Å²) in [5.74, 6) is 1.49. The molecule has 0 aromatic heterocycles. The number of nitrogens with two attached hydrogens (primary N) is 1. The minimum absolute atomic E-state index is 0.0970. The maximum absolute atomic E-state index is 12.5. The van der Waals surface area contributed by atoms with Gasteiger partial charge in [0.1, 0.15) is 5.75 Å². The SMILES string of the molecule is COc1ccccc1CN(C)C(=O)C1CCCC1CN. The summed E-state index contributed by atoms with van der Waals surface area (Å²) in [7, 11) is 3.52. The van der Waals surface area contributed by atoms with Crippen LogP contribution in [0.4, 0.5) is 0 Å². The standard InChI is InChI=1S/C16H24N2O2/c1-18(11-13-6-3-4-9-15(13)20-2)16(19)14-8-5-7-12(14)10-17/h3-4,6,9,12,14H,5,7-8,10-11,17H2,1-2H3. The number of hydrogen-bond donors (Lipinski definition) is 1. The third kappa shape index (κ3) is 3.12. The second-order valence-electron chi connectivity index (χ2n) is 5.54. The third-order valence-corrected chi connectivity index (χ3v) is 4.26. The molecule has 2 N–H and O–H groups in total. The number of nitrogens with zero attached hydrogens (tertiary/aromatic N) is 1. The summed E-state index contributed by atoms with van der Waals surface area (Å²) in [5, 5.41) is 0. The van der Waals surface area contributed by atoms with Crippen molar-refractivity contribution in [1.29, 1.82) is 0 Å². The molecule has 110 valence electrons. The van der Waals surface area contributed by atoms with Crippen molar-refractivity contribution in [2.75, 3.05) is 20.7 Å². The molecule has 1 aromatic carbocycles. The number of benzene rings is 1. The van der Waals surface area contributed by atoms with E-state index in [0.717, 1.165) is 30.6 Å². The van der Waals surface area contributed by atoms with E-state index in [2.05, 4.69) is 0 Å². The fourth-order valence-corrected chi connectivity index (χ4v) is 3.09. The van der Waals surface area contributed by atoms with E-state index in [-0.39, 0.29) is 11.8 Å². The van der Waals surface area contributed by atoms with Crippen molar-refractivity contribution in [1.82, 2.24) is 4.90 Å². The molecule has 1 aromatic rings. The number of amides is 1. The van der Waals surface area contributed by atoms with E-state index in [1.807, 2.05) is 31.3 Å². The van der Waals surface area contributed by atoms with Crippen LogP contribution in [0.15, 0.2) is 24.3 Å². The monoisotopic (exact) mass is 276 g/mol. The first kappa shape index (κ1) is 14.9. The van der Waals surface area contributed by atoms with Crippen LogP contribution in [0.3, 0.4) is 0 Å². The highest BCUT2D eigenvalue weighted by molar-refractivity contribution is 5.79. The molecule has 0 spiro atoms. The van der Waals surface area contributed by atoms with Gasteiger partial charge >= 0.3 is 0 Å². The Labute approximate surface area is 120 Å². The van der Waals surface area contributed by atoms with E-state index in [9.17, 15) is 4.79 Å². The zero-order chi connectivity index (χ0) is 14.5. The summed E-state index contributed by atoms with van der Waals surface area (Å²) < 4.78 is 5.34. The molecule has 0 saturated heterocycles. The van der Waals surface area contributed by atoms with Gasteiger partial charge in [0.2, 0.25) is 5.91 Å². The molecule has 2 atom stereocenters. The van der Waals surface area contributed by atoms with Gasteiger partial charge in [-0.2, -0.15) is 0 Å². The summed E-state index contributed by atoms with van der Waals surface area (Å²) in [6.07, 6.45) is 3.16. The second kappa shape index (κ2) is 6.75. The zero-order valence-corrected chi connectivity index (χ0v) is 12.3. The van der Waals surface area contributed by atoms with Crippen molar-refractivity contribution >= 4 is 5.91 Å². The van der Waals surface area contributed by atoms with Gasteiger partial charge in [-0.3, -0.25) is 4.79 Å². The average Bonchev–Trinajstić information content (AvgIpc) is 2.95. The van der Waals surface area contributed by atoms with E-state index in [1.54, 1.807) is 12.0 Å². The van der Waals surface area contributed by atoms with E-state index in [4.69, 9.17) is 10.5 Å². The van der Waals surface area contributed by atoms with E-state index < -0.39 is 0 Å². The molecule has 2 rings (SSSR count). The lowest BCUT2D eigenvalue weighted by atomic mass is 9.94. The van der Waals surface area contributed by atoms with E-state index >= 15 is 0 Å². The Morgan fingerprint density at radius 1 is 1.40 bits per heavy atom. The van der Waals surface area contributed by atoms with Gasteiger partial charge in [-0.05, 0) is 31.4 Å². The van der Waals surface area contributed by atoms with Crippen molar-refractivity contribution in [3.8, 4) is 5.75 Å². The minimum Gasteiger partial charge on any atom is -0.496 e. The predicted molar refractivity (Wildman–Crippen MR) is 79.4 cm³/mol. The highest BCUT2D eigenvalue weighted by Gasteiger charge is 2.33. The van der Waals surface area contributed by atoms with Crippen LogP contribution in [-0.4, -0.2) is 31.5 Å². The molecule has 1 fully saturated rings. The highest BCUT2D eigenvalue weighted by atomic mass is 16.5. The fourth-order valence-electron chi connectivity index (χ4n) is 3.09. The van der Waals surface area contributed by atoms with Crippen LogP contribution in [0.2, 0.25) is 0 Å². The number of rotatable bonds is 5. The van der Waals surface area contributed by atoms with E-state index in [0.29, 0.717) is 19.0 Å². The Morgan fingerprint density at radius 3 is 2.85 bits per heavy atom. The van der Waals surface area contributed by atoms with Crippen LogP contribution < -0.4 is 10.5 Å². The van der Waals surface area contributed by atoms with Crippen molar-refractivity contribution in [3.05, 3.63) is 29.8 Å². The lowest BCUT2D eigenvalue weighted by molar-refractivity contribution is -0.135. The Morgan fingerprint density at radius 2 is 2.15 bits per heavy atom. The van der Waals surface area contributed by atoms with Crippen molar-refractivity contribution in [3.63, 3.8) is 0 Å². The number of carbonyl (C=O) groups excluding carboxylic acids is 1. The maximum Gasteiger partial charge on any atom is 0.226 e. The van der Waals surface area contributed by atoms with E-state index in [1.165, 1.54) is 0 Å². The molecule has 1 aliphatic carbocycles. The molecular formula is C16H24N2O2. The number of ether oxygens (including phenoxy) is 1. The lowest BCUT2D eigenvalue weighted by Crippen LogP contribution is -2.36. The number of carbonyl (C=O) groups is 1. The molecule has 1 amide bonds. The van der Waals surface area contributed by atoms with Gasteiger partial charge in [-0.1, -0.05) is 24.6 Å². The maximum atomic E-state index is 12.5. The van der Waals surface area contributed by atoms with Gasteiger partial charge in [-0.25, -0.2) is 0 Å². The number of para-hydroxylation sites is 1. The van der Waals surface area contributed by atoms with Crippen molar-refractivity contribution in [2.45, 2.75) is 25.8 Å². The third-order valence-electron chi connectivity index (χ3n) is 4.26. The smallest absolute Gasteiger partial charge is 0.226 e. The molecule has 2 unspecified atom stereocenters. The molecule has 4 heteroatoms. The normalized spacial score (nSPS) is 21.8. The number of methoxy groups -OCH3 is 1. The summed E-state index contributed by atoms with van der Waals surface area (Å²) in [6, 6.07) is 7.82. The van der Waals surface area contributed by atoms with Gasteiger partial charge in [0, 0.05) is 25.1 Å². The quantitative estimate of drug-likeness (QED) is 0.895. The summed E-state index contributed by atoms with van der Waals surface area (Å²) in [5.41, 5.74) is 6.80. The molecule has 4 nitrogen and oxygen atoms in total. The van der Waals surface area contributed by atoms with Crippen molar-refractivity contribution < 1.29 is 9.53 Å². The molecule has 1 aliphatic rings. The second-order valence-corrected chi connectivity index (χ2v) is 5.54. The zero-order valence-electron chi connectivity index (χ0n) is 12.3. The molecule has 0 heterocycles. The molecule has 0 aliphatic heterocycles. The van der Waals surface area contributed by atoms with Crippen LogP contribution in [0.1, 0.15) is 24.8 Å². The Balaban J connectivity index is 2.04. The van der Waals surface area contributed by atoms with Gasteiger partial charge in [0.25, 0.3) is 0 Å². The molecular weight excluding hydrogens is 252 g/mol. The van der Waals surface area contributed by atoms with Crippen LogP contribution in [0, 0.1) is 11.8 Å². The number of hydrogen-bond acceptors (Lipinski definition) is 3. The summed E-state index contributed by atoms with van der Waals surface area (Å²) in [6.45, 7) is 1.19. The first-order chi connectivity index (χ1) is 9.67. The Kier molecular flexibility index (Phi) is 5.01. The fraction of sp³-hybridized carbons (Fsp3) is 0.562. The largest absolute Gasteiger partial charge is 0.496 e. The topological polar surface area (TPSA) is 55.6 Å². The van der Waals surface area contributed by atoms with Gasteiger partial charge in [0.15, 0.2) is 0 Å². The first-order valence-corrected chi connectivity index (χ1v) is 7.24. The van der Waals surface area contributed by atoms with Gasteiger partial charge in [0.05, 0.1) is 7.11 Å². The summed E-state index contributed by atoms with van der Waals surface area (Å²) in [4.78, 5) is 14.4. The summed E-state index contributed by atoms with van der Waals surface area (Å²) >= 11 is 0. The molecule has 0 radical (unpaired) electrons. The van der Waals surface area contributed by atoms with Crippen LogP contribution in [0.25, 0.3) is 0 Å². The van der Waals surface area contributed by atoms with Crippen LogP contribution in [0.5, 0.6) is 5.75 Å². The molecule has 20 heavy (non-hydrogen) atoms. The lowest BCUT2D eigenvalue weighted by Gasteiger charge is -2.25. The van der Waals surface area contributed by atoms with Gasteiger partial charge < -0.3 is 15.4 Å². The highest BCUT2D eigenvalue weighted by Crippen LogP contribution is 2.32. The predicted octanol–water partition coefficient (Wildman–Crippen LogP) is 2.03. The first-order valence-electron chi connectivity index (χ1n) is 7.24.